The molecule has 0 bridgehead atoms. The highest BCUT2D eigenvalue weighted by atomic mass is 35.5. The smallest absolute Gasteiger partial charge is 0.233 e. The number of nitrogens with zero attached hydrogens (tertiary/aromatic N) is 2. The Morgan fingerprint density at radius 3 is 2.38 bits per heavy atom. The van der Waals surface area contributed by atoms with E-state index in [4.69, 9.17) is 27.9 Å². The summed E-state index contributed by atoms with van der Waals surface area (Å²) in [5.41, 5.74) is 0.883. The summed E-state index contributed by atoms with van der Waals surface area (Å²) < 4.78 is 5.31. The van der Waals surface area contributed by atoms with Gasteiger partial charge < -0.3 is 4.74 Å². The minimum atomic E-state index is -0.322. The molecule has 130 valence electrons. The Kier molecular flexibility index (Phi) is 5.76. The van der Waals surface area contributed by atoms with E-state index >= 15 is 0 Å². The Morgan fingerprint density at radius 2 is 1.71 bits per heavy atom. The lowest BCUT2D eigenvalue weighted by Gasteiger charge is -2.28. The molecule has 0 aliphatic carbocycles. The van der Waals surface area contributed by atoms with Crippen LogP contribution in [0.15, 0.2) is 18.2 Å². The second-order valence-corrected chi connectivity index (χ2v) is 7.09. The molecule has 1 atom stereocenters. The van der Waals surface area contributed by atoms with Gasteiger partial charge in [-0.05, 0) is 30.2 Å². The summed E-state index contributed by atoms with van der Waals surface area (Å²) in [4.78, 5) is 28.4. The molecule has 0 saturated carbocycles. The standard InChI is InChI=1S/C17H20Cl2N2O3/c18-14-8-12(9-15(19)11-14)7-13-10-16(22)21(17(13)23)2-1-20-3-5-24-6-4-20/h8-9,11,13H,1-7,10H2. The van der Waals surface area contributed by atoms with Gasteiger partial charge in [0.05, 0.1) is 19.1 Å². The maximum absolute atomic E-state index is 12.6. The number of carbonyl (C=O) groups is 2. The number of halogens is 2. The molecule has 1 unspecified atom stereocenters. The van der Waals surface area contributed by atoms with E-state index < -0.39 is 0 Å². The Morgan fingerprint density at radius 1 is 1.04 bits per heavy atom. The molecule has 7 heteroatoms. The Balaban J connectivity index is 1.58. The third-order valence-corrected chi connectivity index (χ3v) is 4.92. The fourth-order valence-electron chi connectivity index (χ4n) is 3.23. The van der Waals surface area contributed by atoms with Crippen LogP contribution in [0, 0.1) is 5.92 Å². The summed E-state index contributed by atoms with van der Waals surface area (Å²) in [6.45, 7) is 4.27. The number of amides is 2. The van der Waals surface area contributed by atoms with Crippen molar-refractivity contribution in [1.82, 2.24) is 9.80 Å². The lowest BCUT2D eigenvalue weighted by atomic mass is 9.98. The number of carbonyl (C=O) groups excluding carboxylic acids is 2. The molecular formula is C17H20Cl2N2O3. The highest BCUT2D eigenvalue weighted by molar-refractivity contribution is 6.34. The van der Waals surface area contributed by atoms with E-state index in [1.165, 1.54) is 4.90 Å². The minimum absolute atomic E-state index is 0.0913. The average molecular weight is 371 g/mol. The summed E-state index contributed by atoms with van der Waals surface area (Å²) in [6.07, 6.45) is 0.741. The van der Waals surface area contributed by atoms with Gasteiger partial charge in [0, 0.05) is 42.6 Å². The molecular weight excluding hydrogens is 351 g/mol. The van der Waals surface area contributed by atoms with Crippen LogP contribution in [-0.4, -0.2) is 61.0 Å². The van der Waals surface area contributed by atoms with Crippen molar-refractivity contribution in [2.75, 3.05) is 39.4 Å². The van der Waals surface area contributed by atoms with E-state index in [1.54, 1.807) is 18.2 Å². The molecule has 0 N–H and O–H groups in total. The first-order chi connectivity index (χ1) is 11.5. The average Bonchev–Trinajstić information content (AvgIpc) is 2.79. The summed E-state index contributed by atoms with van der Waals surface area (Å²) >= 11 is 12.0. The van der Waals surface area contributed by atoms with Crippen LogP contribution < -0.4 is 0 Å². The fraction of sp³-hybridized carbons (Fsp3) is 0.529. The zero-order chi connectivity index (χ0) is 17.1. The molecule has 24 heavy (non-hydrogen) atoms. The Hall–Kier alpha value is -1.14. The molecule has 0 spiro atoms. The van der Waals surface area contributed by atoms with Crippen LogP contribution in [0.3, 0.4) is 0 Å². The third kappa shape index (κ3) is 4.28. The van der Waals surface area contributed by atoms with E-state index in [1.807, 2.05) is 0 Å². The van der Waals surface area contributed by atoms with E-state index in [0.717, 1.165) is 18.7 Å². The van der Waals surface area contributed by atoms with Crippen molar-refractivity contribution in [3.63, 3.8) is 0 Å². The first kappa shape index (κ1) is 17.7. The molecule has 2 amide bonds. The topological polar surface area (TPSA) is 49.9 Å². The number of benzene rings is 1. The number of hydrogen-bond donors (Lipinski definition) is 0. The van der Waals surface area contributed by atoms with E-state index in [0.29, 0.717) is 42.8 Å². The van der Waals surface area contributed by atoms with Crippen molar-refractivity contribution >= 4 is 35.0 Å². The first-order valence-corrected chi connectivity index (χ1v) is 8.88. The van der Waals surface area contributed by atoms with Gasteiger partial charge in [-0.2, -0.15) is 0 Å². The number of rotatable bonds is 5. The summed E-state index contributed by atoms with van der Waals surface area (Å²) in [5.74, 6) is -0.507. The van der Waals surface area contributed by atoms with Crippen molar-refractivity contribution in [2.45, 2.75) is 12.8 Å². The van der Waals surface area contributed by atoms with Gasteiger partial charge in [0.25, 0.3) is 0 Å². The van der Waals surface area contributed by atoms with Crippen LogP contribution in [0.5, 0.6) is 0 Å². The summed E-state index contributed by atoms with van der Waals surface area (Å²) in [6, 6.07) is 5.24. The highest BCUT2D eigenvalue weighted by Crippen LogP contribution is 2.26. The van der Waals surface area contributed by atoms with Gasteiger partial charge in [0.1, 0.15) is 0 Å². The second-order valence-electron chi connectivity index (χ2n) is 6.22. The predicted molar refractivity (Wildman–Crippen MR) is 92.3 cm³/mol. The lowest BCUT2D eigenvalue weighted by Crippen LogP contribution is -2.43. The molecule has 1 aromatic carbocycles. The third-order valence-electron chi connectivity index (χ3n) is 4.49. The second kappa shape index (κ2) is 7.83. The van der Waals surface area contributed by atoms with Crippen LogP contribution in [0.4, 0.5) is 0 Å². The first-order valence-electron chi connectivity index (χ1n) is 8.12. The van der Waals surface area contributed by atoms with Crippen molar-refractivity contribution in [3.05, 3.63) is 33.8 Å². The molecule has 5 nitrogen and oxygen atoms in total. The highest BCUT2D eigenvalue weighted by Gasteiger charge is 2.38. The maximum atomic E-state index is 12.6. The lowest BCUT2D eigenvalue weighted by molar-refractivity contribution is -0.139. The van der Waals surface area contributed by atoms with Gasteiger partial charge in [0.2, 0.25) is 11.8 Å². The molecule has 2 aliphatic heterocycles. The van der Waals surface area contributed by atoms with Crippen LogP contribution in [0.25, 0.3) is 0 Å². The largest absolute Gasteiger partial charge is 0.379 e. The van der Waals surface area contributed by atoms with E-state index in [2.05, 4.69) is 4.90 Å². The zero-order valence-corrected chi connectivity index (χ0v) is 14.9. The molecule has 1 aromatic rings. The van der Waals surface area contributed by atoms with Gasteiger partial charge in [-0.1, -0.05) is 23.2 Å². The number of likely N-dealkylation sites (tertiary alicyclic amines) is 1. The molecule has 2 fully saturated rings. The van der Waals surface area contributed by atoms with Crippen LogP contribution in [0.2, 0.25) is 10.0 Å². The Bertz CT molecular complexity index is 612. The van der Waals surface area contributed by atoms with E-state index in [9.17, 15) is 9.59 Å². The van der Waals surface area contributed by atoms with Gasteiger partial charge in [-0.3, -0.25) is 19.4 Å². The molecule has 2 heterocycles. The van der Waals surface area contributed by atoms with Gasteiger partial charge in [-0.15, -0.1) is 0 Å². The number of imide groups is 1. The van der Waals surface area contributed by atoms with Gasteiger partial charge in [-0.25, -0.2) is 0 Å². The van der Waals surface area contributed by atoms with Crippen LogP contribution in [-0.2, 0) is 20.7 Å². The van der Waals surface area contributed by atoms with Gasteiger partial charge >= 0.3 is 0 Å². The van der Waals surface area contributed by atoms with Gasteiger partial charge in [0.15, 0.2) is 0 Å². The maximum Gasteiger partial charge on any atom is 0.233 e. The molecule has 3 rings (SSSR count). The number of ether oxygens (including phenoxy) is 1. The fourth-order valence-corrected chi connectivity index (χ4v) is 3.80. The molecule has 2 aliphatic rings. The van der Waals surface area contributed by atoms with Crippen molar-refractivity contribution in [2.24, 2.45) is 5.92 Å². The molecule has 0 aromatic heterocycles. The van der Waals surface area contributed by atoms with Crippen molar-refractivity contribution < 1.29 is 14.3 Å². The van der Waals surface area contributed by atoms with E-state index in [-0.39, 0.29) is 24.2 Å². The van der Waals surface area contributed by atoms with Crippen LogP contribution in [0.1, 0.15) is 12.0 Å². The van der Waals surface area contributed by atoms with Crippen molar-refractivity contribution in [3.8, 4) is 0 Å². The quantitative estimate of drug-likeness (QED) is 0.745. The Labute approximate surface area is 151 Å². The number of hydrogen-bond acceptors (Lipinski definition) is 4. The monoisotopic (exact) mass is 370 g/mol. The van der Waals surface area contributed by atoms with Crippen LogP contribution >= 0.6 is 23.2 Å². The minimum Gasteiger partial charge on any atom is -0.379 e. The molecule has 0 radical (unpaired) electrons. The zero-order valence-electron chi connectivity index (χ0n) is 13.3. The van der Waals surface area contributed by atoms with Crippen molar-refractivity contribution in [1.29, 1.82) is 0 Å². The summed E-state index contributed by atoms with van der Waals surface area (Å²) in [7, 11) is 0. The normalized spacial score (nSPS) is 22.4. The SMILES string of the molecule is O=C1CC(Cc2cc(Cl)cc(Cl)c2)C(=O)N1CCN1CCOCC1. The molecule has 2 saturated heterocycles. The summed E-state index contributed by atoms with van der Waals surface area (Å²) in [5, 5.41) is 1.08. The number of morpholine rings is 1. The predicted octanol–water partition coefficient (Wildman–Crippen LogP) is 2.24.